The highest BCUT2D eigenvalue weighted by Gasteiger charge is 2.35. The zero-order valence-corrected chi connectivity index (χ0v) is 12.6. The molecule has 110 valence electrons. The van der Waals surface area contributed by atoms with E-state index in [1.54, 1.807) is 0 Å². The SMILES string of the molecule is CCCCC(OC1C[C@H]2CC[C@@H](C1)N2)c1ccccc1. The van der Waals surface area contributed by atoms with Crippen molar-refractivity contribution in [1.29, 1.82) is 0 Å². The first kappa shape index (κ1) is 14.1. The minimum absolute atomic E-state index is 0.290. The first-order valence-electron chi connectivity index (χ1n) is 8.31. The van der Waals surface area contributed by atoms with Crippen LogP contribution < -0.4 is 5.32 Å². The van der Waals surface area contributed by atoms with Gasteiger partial charge in [-0.3, -0.25) is 0 Å². The molecule has 1 aromatic rings. The highest BCUT2D eigenvalue weighted by molar-refractivity contribution is 5.17. The van der Waals surface area contributed by atoms with Gasteiger partial charge in [-0.25, -0.2) is 0 Å². The highest BCUT2D eigenvalue weighted by atomic mass is 16.5. The van der Waals surface area contributed by atoms with Gasteiger partial charge in [0.05, 0.1) is 12.2 Å². The zero-order valence-electron chi connectivity index (χ0n) is 12.6. The average molecular weight is 273 g/mol. The van der Waals surface area contributed by atoms with Gasteiger partial charge in [0, 0.05) is 12.1 Å². The summed E-state index contributed by atoms with van der Waals surface area (Å²) in [5.41, 5.74) is 1.35. The monoisotopic (exact) mass is 273 g/mol. The molecule has 3 rings (SSSR count). The number of hydrogen-bond donors (Lipinski definition) is 1. The molecule has 0 aromatic heterocycles. The fourth-order valence-corrected chi connectivity index (χ4v) is 3.72. The molecule has 2 heterocycles. The number of ether oxygens (including phenoxy) is 1. The van der Waals surface area contributed by atoms with Gasteiger partial charge in [-0.05, 0) is 37.7 Å². The van der Waals surface area contributed by atoms with Crippen LogP contribution in [0.4, 0.5) is 0 Å². The van der Waals surface area contributed by atoms with Crippen molar-refractivity contribution >= 4 is 0 Å². The van der Waals surface area contributed by atoms with Crippen molar-refractivity contribution in [2.75, 3.05) is 0 Å². The Morgan fingerprint density at radius 3 is 2.50 bits per heavy atom. The van der Waals surface area contributed by atoms with Crippen LogP contribution in [-0.2, 0) is 4.74 Å². The summed E-state index contributed by atoms with van der Waals surface area (Å²) < 4.78 is 6.52. The first-order valence-corrected chi connectivity index (χ1v) is 8.31. The van der Waals surface area contributed by atoms with Crippen molar-refractivity contribution in [2.45, 2.75) is 76.2 Å². The minimum Gasteiger partial charge on any atom is -0.370 e. The van der Waals surface area contributed by atoms with Crippen molar-refractivity contribution in [1.82, 2.24) is 5.32 Å². The molecule has 2 heteroatoms. The molecule has 2 fully saturated rings. The number of hydrogen-bond acceptors (Lipinski definition) is 2. The summed E-state index contributed by atoms with van der Waals surface area (Å²) in [6.07, 6.45) is 9.47. The molecule has 2 nitrogen and oxygen atoms in total. The maximum atomic E-state index is 6.52. The van der Waals surface area contributed by atoms with Crippen molar-refractivity contribution in [3.05, 3.63) is 35.9 Å². The van der Waals surface area contributed by atoms with Crippen LogP contribution >= 0.6 is 0 Å². The molecule has 2 saturated heterocycles. The van der Waals surface area contributed by atoms with E-state index in [9.17, 15) is 0 Å². The summed E-state index contributed by atoms with van der Waals surface area (Å²) in [7, 11) is 0. The van der Waals surface area contributed by atoms with Crippen molar-refractivity contribution in [2.24, 2.45) is 0 Å². The Kier molecular flexibility index (Phi) is 4.74. The Morgan fingerprint density at radius 1 is 1.15 bits per heavy atom. The second-order valence-corrected chi connectivity index (χ2v) is 6.41. The van der Waals surface area contributed by atoms with E-state index in [2.05, 4.69) is 42.6 Å². The fraction of sp³-hybridized carbons (Fsp3) is 0.667. The summed E-state index contributed by atoms with van der Waals surface area (Å²) >= 11 is 0. The molecule has 1 aromatic carbocycles. The Labute approximate surface area is 122 Å². The molecule has 0 saturated carbocycles. The lowest BCUT2D eigenvalue weighted by Crippen LogP contribution is -2.41. The quantitative estimate of drug-likeness (QED) is 0.838. The highest BCUT2D eigenvalue weighted by Crippen LogP contribution is 2.33. The van der Waals surface area contributed by atoms with E-state index in [1.165, 1.54) is 44.1 Å². The fourth-order valence-electron chi connectivity index (χ4n) is 3.72. The number of unbranched alkanes of at least 4 members (excludes halogenated alkanes) is 1. The number of nitrogens with one attached hydrogen (secondary N) is 1. The van der Waals surface area contributed by atoms with Gasteiger partial charge in [-0.15, -0.1) is 0 Å². The van der Waals surface area contributed by atoms with E-state index < -0.39 is 0 Å². The number of rotatable bonds is 6. The molecule has 2 unspecified atom stereocenters. The largest absolute Gasteiger partial charge is 0.370 e. The average Bonchev–Trinajstić information content (AvgIpc) is 2.83. The Morgan fingerprint density at radius 2 is 1.85 bits per heavy atom. The van der Waals surface area contributed by atoms with Gasteiger partial charge in [0.15, 0.2) is 0 Å². The number of piperidine rings is 1. The number of benzene rings is 1. The molecular weight excluding hydrogens is 246 g/mol. The zero-order chi connectivity index (χ0) is 13.8. The summed E-state index contributed by atoms with van der Waals surface area (Å²) in [5.74, 6) is 0. The minimum atomic E-state index is 0.290. The van der Waals surface area contributed by atoms with Gasteiger partial charge in [0.1, 0.15) is 0 Å². The van der Waals surface area contributed by atoms with Crippen LogP contribution in [0.5, 0.6) is 0 Å². The van der Waals surface area contributed by atoms with E-state index in [0.29, 0.717) is 24.3 Å². The normalized spacial score (nSPS) is 30.4. The van der Waals surface area contributed by atoms with Crippen molar-refractivity contribution < 1.29 is 4.74 Å². The Balaban J connectivity index is 1.64. The molecule has 0 radical (unpaired) electrons. The van der Waals surface area contributed by atoms with Crippen LogP contribution in [-0.4, -0.2) is 18.2 Å². The maximum absolute atomic E-state index is 6.52. The molecule has 0 aliphatic carbocycles. The first-order chi connectivity index (χ1) is 9.85. The Bertz CT molecular complexity index is 393. The molecule has 0 spiro atoms. The Hall–Kier alpha value is -0.860. The van der Waals surface area contributed by atoms with Crippen molar-refractivity contribution in [3.63, 3.8) is 0 Å². The predicted octanol–water partition coefficient (Wildman–Crippen LogP) is 4.22. The number of fused-ring (bicyclic) bond motifs is 2. The summed E-state index contributed by atoms with van der Waals surface area (Å²) in [5, 5.41) is 3.70. The third-order valence-corrected chi connectivity index (χ3v) is 4.78. The summed E-state index contributed by atoms with van der Waals surface area (Å²) in [6, 6.07) is 12.2. The topological polar surface area (TPSA) is 21.3 Å². The second-order valence-electron chi connectivity index (χ2n) is 6.41. The molecule has 0 amide bonds. The van der Waals surface area contributed by atoms with Crippen LogP contribution in [0.3, 0.4) is 0 Å². The van der Waals surface area contributed by atoms with Crippen LogP contribution in [0.25, 0.3) is 0 Å². The lowest BCUT2D eigenvalue weighted by atomic mass is 10.00. The van der Waals surface area contributed by atoms with Gasteiger partial charge < -0.3 is 10.1 Å². The summed E-state index contributed by atoms with van der Waals surface area (Å²) in [4.78, 5) is 0. The summed E-state index contributed by atoms with van der Waals surface area (Å²) in [6.45, 7) is 2.26. The predicted molar refractivity (Wildman–Crippen MR) is 82.8 cm³/mol. The van der Waals surface area contributed by atoms with Crippen LogP contribution in [0, 0.1) is 0 Å². The maximum Gasteiger partial charge on any atom is 0.0828 e. The van der Waals surface area contributed by atoms with Gasteiger partial charge in [-0.2, -0.15) is 0 Å². The molecule has 20 heavy (non-hydrogen) atoms. The lowest BCUT2D eigenvalue weighted by molar-refractivity contribution is -0.0413. The molecule has 2 bridgehead atoms. The van der Waals surface area contributed by atoms with Gasteiger partial charge in [0.2, 0.25) is 0 Å². The van der Waals surface area contributed by atoms with Gasteiger partial charge >= 0.3 is 0 Å². The van der Waals surface area contributed by atoms with Crippen molar-refractivity contribution in [3.8, 4) is 0 Å². The lowest BCUT2D eigenvalue weighted by Gasteiger charge is -2.32. The second kappa shape index (κ2) is 6.73. The standard InChI is InChI=1S/C18H27NO/c1-2-3-9-18(14-7-5-4-6-8-14)20-17-12-15-10-11-16(13-17)19-15/h4-8,15-19H,2-3,9-13H2,1H3/t15-,16+,17?,18?. The molecule has 2 aliphatic heterocycles. The third kappa shape index (κ3) is 3.42. The van der Waals surface area contributed by atoms with Gasteiger partial charge in [-0.1, -0.05) is 50.1 Å². The van der Waals surface area contributed by atoms with Gasteiger partial charge in [0.25, 0.3) is 0 Å². The van der Waals surface area contributed by atoms with E-state index in [0.717, 1.165) is 6.42 Å². The molecule has 1 N–H and O–H groups in total. The van der Waals surface area contributed by atoms with E-state index >= 15 is 0 Å². The van der Waals surface area contributed by atoms with Crippen LogP contribution in [0.15, 0.2) is 30.3 Å². The van der Waals surface area contributed by atoms with Crippen LogP contribution in [0.1, 0.15) is 63.5 Å². The third-order valence-electron chi connectivity index (χ3n) is 4.78. The van der Waals surface area contributed by atoms with Crippen LogP contribution in [0.2, 0.25) is 0 Å². The molecule has 2 aliphatic rings. The molecule has 4 atom stereocenters. The van der Waals surface area contributed by atoms with E-state index in [4.69, 9.17) is 4.74 Å². The smallest absolute Gasteiger partial charge is 0.0828 e. The van der Waals surface area contributed by atoms with E-state index in [-0.39, 0.29) is 0 Å². The molecular formula is C18H27NO. The van der Waals surface area contributed by atoms with E-state index in [1.807, 2.05) is 0 Å².